The molecule has 0 aliphatic heterocycles. The molecule has 0 saturated heterocycles. The van der Waals surface area contributed by atoms with E-state index >= 15 is 0 Å². The van der Waals surface area contributed by atoms with Crippen molar-refractivity contribution in [3.63, 3.8) is 0 Å². The van der Waals surface area contributed by atoms with Gasteiger partial charge in [0.2, 0.25) is 0 Å². The summed E-state index contributed by atoms with van der Waals surface area (Å²) in [6, 6.07) is 13.8. The van der Waals surface area contributed by atoms with Gasteiger partial charge in [-0.15, -0.1) is 6.42 Å². The molecule has 1 N–H and O–H groups in total. The highest BCUT2D eigenvalue weighted by Crippen LogP contribution is 2.17. The van der Waals surface area contributed by atoms with Crippen LogP contribution in [0.1, 0.15) is 11.1 Å². The first-order valence-electron chi connectivity index (χ1n) is 7.66. The van der Waals surface area contributed by atoms with E-state index in [2.05, 4.69) is 21.3 Å². The zero-order valence-electron chi connectivity index (χ0n) is 13.2. The van der Waals surface area contributed by atoms with Crippen molar-refractivity contribution >= 4 is 0 Å². The van der Waals surface area contributed by atoms with Gasteiger partial charge in [0, 0.05) is 37.2 Å². The Bertz CT molecular complexity index is 821. The molecule has 0 bridgehead atoms. The number of terminal acetylenes is 1. The van der Waals surface area contributed by atoms with Crippen LogP contribution >= 0.6 is 0 Å². The van der Waals surface area contributed by atoms with E-state index in [1.807, 2.05) is 48.7 Å². The quantitative estimate of drug-likeness (QED) is 0.680. The van der Waals surface area contributed by atoms with E-state index in [9.17, 15) is 0 Å². The van der Waals surface area contributed by atoms with E-state index in [1.165, 1.54) is 0 Å². The summed E-state index contributed by atoms with van der Waals surface area (Å²) in [6.07, 6.45) is 10.7. The number of benzene rings is 1. The number of nitrogens with zero attached hydrogens (tertiary/aromatic N) is 3. The van der Waals surface area contributed by atoms with Crippen molar-refractivity contribution in [2.75, 3.05) is 6.61 Å². The number of hydrogen-bond acceptors (Lipinski definition) is 4. The molecule has 0 aliphatic carbocycles. The number of rotatable bonds is 7. The standard InChI is InChI=1S/C19H18N4O/c1-2-12-24-18-7-4-3-6-17(18)15-20-14-16-8-10-21-19(13-16)23-11-5-9-22-23/h1,3-11,13,20H,12,14-15H2. The van der Waals surface area contributed by atoms with E-state index in [0.717, 1.165) is 29.2 Å². The lowest BCUT2D eigenvalue weighted by Gasteiger charge is -2.11. The number of hydrogen-bond donors (Lipinski definition) is 1. The second kappa shape index (κ2) is 7.95. The Labute approximate surface area is 141 Å². The third-order valence-electron chi connectivity index (χ3n) is 3.48. The van der Waals surface area contributed by atoms with E-state index in [0.29, 0.717) is 6.54 Å². The minimum Gasteiger partial charge on any atom is -0.481 e. The molecular weight excluding hydrogens is 300 g/mol. The maximum absolute atomic E-state index is 5.56. The van der Waals surface area contributed by atoms with Gasteiger partial charge in [0.1, 0.15) is 12.4 Å². The molecule has 0 aliphatic rings. The molecule has 2 aromatic heterocycles. The molecular formula is C19H18N4O. The largest absolute Gasteiger partial charge is 0.481 e. The molecule has 24 heavy (non-hydrogen) atoms. The molecule has 5 heteroatoms. The topological polar surface area (TPSA) is 52.0 Å². The third-order valence-corrected chi connectivity index (χ3v) is 3.48. The van der Waals surface area contributed by atoms with Crippen LogP contribution in [-0.4, -0.2) is 21.4 Å². The van der Waals surface area contributed by atoms with Gasteiger partial charge in [-0.3, -0.25) is 0 Å². The number of nitrogens with one attached hydrogen (secondary N) is 1. The van der Waals surface area contributed by atoms with E-state index in [1.54, 1.807) is 17.1 Å². The molecule has 1 aromatic carbocycles. The summed E-state index contributed by atoms with van der Waals surface area (Å²) in [7, 11) is 0. The van der Waals surface area contributed by atoms with Gasteiger partial charge in [-0.1, -0.05) is 24.1 Å². The Morgan fingerprint density at radius 3 is 2.88 bits per heavy atom. The van der Waals surface area contributed by atoms with Crippen LogP contribution in [0, 0.1) is 12.3 Å². The number of para-hydroxylation sites is 1. The summed E-state index contributed by atoms with van der Waals surface area (Å²) in [5, 5.41) is 7.61. The normalized spacial score (nSPS) is 10.3. The van der Waals surface area contributed by atoms with Crippen molar-refractivity contribution in [3.05, 3.63) is 72.2 Å². The van der Waals surface area contributed by atoms with Gasteiger partial charge in [-0.05, 0) is 29.8 Å². The van der Waals surface area contributed by atoms with Gasteiger partial charge in [0.25, 0.3) is 0 Å². The molecule has 5 nitrogen and oxygen atoms in total. The number of pyridine rings is 1. The lowest BCUT2D eigenvalue weighted by molar-refractivity contribution is 0.365. The molecule has 0 atom stereocenters. The van der Waals surface area contributed by atoms with Crippen LogP contribution in [0.4, 0.5) is 0 Å². The highest BCUT2D eigenvalue weighted by molar-refractivity contribution is 5.33. The summed E-state index contributed by atoms with van der Waals surface area (Å²) in [6.45, 7) is 1.69. The Hall–Kier alpha value is -3.10. The molecule has 0 unspecified atom stereocenters. The Morgan fingerprint density at radius 2 is 2.04 bits per heavy atom. The van der Waals surface area contributed by atoms with Crippen molar-refractivity contribution in [3.8, 4) is 23.9 Å². The highest BCUT2D eigenvalue weighted by Gasteiger charge is 2.03. The summed E-state index contributed by atoms with van der Waals surface area (Å²) >= 11 is 0. The van der Waals surface area contributed by atoms with E-state index in [-0.39, 0.29) is 6.61 Å². The fraction of sp³-hybridized carbons (Fsp3) is 0.158. The molecule has 2 heterocycles. The molecule has 0 saturated carbocycles. The molecule has 3 aromatic rings. The maximum Gasteiger partial charge on any atom is 0.153 e. The van der Waals surface area contributed by atoms with E-state index < -0.39 is 0 Å². The smallest absolute Gasteiger partial charge is 0.153 e. The van der Waals surface area contributed by atoms with Crippen LogP contribution in [0.2, 0.25) is 0 Å². The number of ether oxygens (including phenoxy) is 1. The molecule has 3 rings (SSSR count). The summed E-state index contributed by atoms with van der Waals surface area (Å²) < 4.78 is 7.30. The van der Waals surface area contributed by atoms with Gasteiger partial charge in [0.15, 0.2) is 5.82 Å². The fourth-order valence-electron chi connectivity index (χ4n) is 2.35. The first-order valence-corrected chi connectivity index (χ1v) is 7.66. The molecule has 0 radical (unpaired) electrons. The van der Waals surface area contributed by atoms with Gasteiger partial charge in [-0.25, -0.2) is 9.67 Å². The SMILES string of the molecule is C#CCOc1ccccc1CNCc1ccnc(-n2cccn2)c1. The van der Waals surface area contributed by atoms with Gasteiger partial charge < -0.3 is 10.1 Å². The highest BCUT2D eigenvalue weighted by atomic mass is 16.5. The summed E-state index contributed by atoms with van der Waals surface area (Å²) in [4.78, 5) is 4.33. The lowest BCUT2D eigenvalue weighted by atomic mass is 10.2. The molecule has 0 spiro atoms. The maximum atomic E-state index is 5.56. The van der Waals surface area contributed by atoms with Crippen LogP contribution in [-0.2, 0) is 13.1 Å². The third kappa shape index (κ3) is 4.00. The van der Waals surface area contributed by atoms with Gasteiger partial charge >= 0.3 is 0 Å². The van der Waals surface area contributed by atoms with Crippen molar-refractivity contribution < 1.29 is 4.74 Å². The Balaban J connectivity index is 1.61. The summed E-state index contributed by atoms with van der Waals surface area (Å²) in [5.41, 5.74) is 2.21. The van der Waals surface area contributed by atoms with Crippen LogP contribution in [0.5, 0.6) is 5.75 Å². The van der Waals surface area contributed by atoms with Crippen LogP contribution in [0.25, 0.3) is 5.82 Å². The van der Waals surface area contributed by atoms with Crippen molar-refractivity contribution in [1.82, 2.24) is 20.1 Å². The molecule has 0 amide bonds. The second-order valence-corrected chi connectivity index (χ2v) is 5.18. The lowest BCUT2D eigenvalue weighted by Crippen LogP contribution is -2.14. The summed E-state index contributed by atoms with van der Waals surface area (Å²) in [5.74, 6) is 4.10. The second-order valence-electron chi connectivity index (χ2n) is 5.18. The zero-order valence-corrected chi connectivity index (χ0v) is 13.2. The Kier molecular flexibility index (Phi) is 5.23. The fourth-order valence-corrected chi connectivity index (χ4v) is 2.35. The Morgan fingerprint density at radius 1 is 1.12 bits per heavy atom. The van der Waals surface area contributed by atoms with Gasteiger partial charge in [0.05, 0.1) is 0 Å². The first kappa shape index (κ1) is 15.8. The monoisotopic (exact) mass is 318 g/mol. The van der Waals surface area contributed by atoms with E-state index in [4.69, 9.17) is 11.2 Å². The first-order chi connectivity index (χ1) is 11.9. The predicted octanol–water partition coefficient (Wildman–Crippen LogP) is 2.57. The van der Waals surface area contributed by atoms with Crippen molar-refractivity contribution in [1.29, 1.82) is 0 Å². The minimum atomic E-state index is 0.272. The molecule has 0 fully saturated rings. The van der Waals surface area contributed by atoms with Crippen molar-refractivity contribution in [2.24, 2.45) is 0 Å². The van der Waals surface area contributed by atoms with Crippen LogP contribution in [0.15, 0.2) is 61.1 Å². The van der Waals surface area contributed by atoms with Crippen molar-refractivity contribution in [2.45, 2.75) is 13.1 Å². The van der Waals surface area contributed by atoms with Crippen LogP contribution < -0.4 is 10.1 Å². The zero-order chi connectivity index (χ0) is 16.6. The number of aromatic nitrogens is 3. The average molecular weight is 318 g/mol. The molecule has 120 valence electrons. The minimum absolute atomic E-state index is 0.272. The average Bonchev–Trinajstić information content (AvgIpc) is 3.16. The predicted molar refractivity (Wildman–Crippen MR) is 92.7 cm³/mol. The van der Waals surface area contributed by atoms with Crippen LogP contribution in [0.3, 0.4) is 0 Å². The van der Waals surface area contributed by atoms with Gasteiger partial charge in [-0.2, -0.15) is 5.10 Å².